The molecule has 1 aromatic heterocycles. The molecule has 0 radical (unpaired) electrons. The van der Waals surface area contributed by atoms with Gasteiger partial charge in [-0.3, -0.25) is 0 Å². The molecule has 0 bridgehead atoms. The lowest BCUT2D eigenvalue weighted by atomic mass is 10.1. The number of rotatable bonds is 4. The Morgan fingerprint density at radius 3 is 2.67 bits per heavy atom. The van der Waals surface area contributed by atoms with Crippen LogP contribution in [0.15, 0.2) is 30.3 Å². The molecule has 21 heavy (non-hydrogen) atoms. The molecule has 3 rings (SSSR count). The second-order valence-corrected chi connectivity index (χ2v) is 6.34. The summed E-state index contributed by atoms with van der Waals surface area (Å²) in [7, 11) is 0. The molecular formula is C17H22BrN3. The normalized spacial score (nSPS) is 18.4. The van der Waals surface area contributed by atoms with Crippen molar-refractivity contribution in [3.63, 3.8) is 0 Å². The zero-order chi connectivity index (χ0) is 14.8. The lowest BCUT2D eigenvalue weighted by Gasteiger charge is -2.21. The molecule has 1 unspecified atom stereocenters. The highest BCUT2D eigenvalue weighted by atomic mass is 79.9. The van der Waals surface area contributed by atoms with Crippen LogP contribution in [0, 0.1) is 12.8 Å². The Balaban J connectivity index is 2.05. The van der Waals surface area contributed by atoms with Crippen molar-refractivity contribution in [1.82, 2.24) is 9.78 Å². The molecule has 0 N–H and O–H groups in total. The Morgan fingerprint density at radius 1 is 1.29 bits per heavy atom. The van der Waals surface area contributed by atoms with Gasteiger partial charge in [-0.1, -0.05) is 47.5 Å². The van der Waals surface area contributed by atoms with E-state index in [-0.39, 0.29) is 0 Å². The Bertz CT molecular complexity index is 606. The van der Waals surface area contributed by atoms with Gasteiger partial charge < -0.3 is 4.90 Å². The Labute approximate surface area is 135 Å². The minimum atomic E-state index is 0.813. The maximum atomic E-state index is 4.79. The Kier molecular flexibility index (Phi) is 4.34. The maximum absolute atomic E-state index is 4.79. The van der Waals surface area contributed by atoms with Crippen molar-refractivity contribution in [2.75, 3.05) is 18.0 Å². The minimum Gasteiger partial charge on any atom is -0.356 e. The molecule has 3 nitrogen and oxygen atoms in total. The first-order chi connectivity index (χ1) is 10.2. The Hall–Kier alpha value is -1.29. The predicted octanol–water partition coefficient (Wildman–Crippen LogP) is 4.31. The van der Waals surface area contributed by atoms with E-state index in [1.54, 1.807) is 0 Å². The van der Waals surface area contributed by atoms with Crippen LogP contribution in [0.1, 0.15) is 31.0 Å². The lowest BCUT2D eigenvalue weighted by molar-refractivity contribution is 0.568. The van der Waals surface area contributed by atoms with Crippen molar-refractivity contribution < 1.29 is 0 Å². The van der Waals surface area contributed by atoms with Crippen LogP contribution in [-0.2, 0) is 5.33 Å². The van der Waals surface area contributed by atoms with Crippen molar-refractivity contribution in [2.24, 2.45) is 5.92 Å². The van der Waals surface area contributed by atoms with Crippen LogP contribution in [0.3, 0.4) is 0 Å². The molecule has 112 valence electrons. The molecule has 1 aromatic carbocycles. The molecule has 1 aliphatic heterocycles. The van der Waals surface area contributed by atoms with Gasteiger partial charge in [-0.05, 0) is 31.4 Å². The fourth-order valence-corrected chi connectivity index (χ4v) is 3.79. The van der Waals surface area contributed by atoms with Gasteiger partial charge >= 0.3 is 0 Å². The number of hydrogen-bond donors (Lipinski definition) is 0. The summed E-state index contributed by atoms with van der Waals surface area (Å²) < 4.78 is 2.12. The smallest absolute Gasteiger partial charge is 0.136 e. The average molecular weight is 348 g/mol. The molecular weight excluding hydrogens is 326 g/mol. The molecule has 4 heteroatoms. The van der Waals surface area contributed by atoms with Gasteiger partial charge in [0.15, 0.2) is 0 Å². The van der Waals surface area contributed by atoms with Gasteiger partial charge in [-0.15, -0.1) is 0 Å². The molecule has 2 aromatic rings. The van der Waals surface area contributed by atoms with Gasteiger partial charge in [0.05, 0.1) is 11.4 Å². The maximum Gasteiger partial charge on any atom is 0.136 e. The minimum absolute atomic E-state index is 0.813. The number of para-hydroxylation sites is 1. The average Bonchev–Trinajstić information content (AvgIpc) is 3.11. The Morgan fingerprint density at radius 2 is 2.05 bits per heavy atom. The van der Waals surface area contributed by atoms with E-state index < -0.39 is 0 Å². The summed E-state index contributed by atoms with van der Waals surface area (Å²) in [6.07, 6.45) is 2.55. The SMILES string of the molecule is CCC1CCN(c2c(CBr)c(C)nn2-c2ccccc2)C1. The van der Waals surface area contributed by atoms with Crippen LogP contribution in [0.2, 0.25) is 0 Å². The van der Waals surface area contributed by atoms with Gasteiger partial charge in [-0.2, -0.15) is 5.10 Å². The molecule has 0 saturated carbocycles. The molecule has 1 fully saturated rings. The van der Waals surface area contributed by atoms with E-state index in [0.717, 1.165) is 35.7 Å². The van der Waals surface area contributed by atoms with Crippen LogP contribution < -0.4 is 4.90 Å². The lowest BCUT2D eigenvalue weighted by Crippen LogP contribution is -2.23. The number of benzene rings is 1. The van der Waals surface area contributed by atoms with E-state index in [1.807, 2.05) is 6.07 Å². The third-order valence-corrected chi connectivity index (χ3v) is 5.02. The molecule has 0 aliphatic carbocycles. The van der Waals surface area contributed by atoms with Gasteiger partial charge in [-0.25, -0.2) is 4.68 Å². The summed E-state index contributed by atoms with van der Waals surface area (Å²) in [5.41, 5.74) is 3.57. The summed E-state index contributed by atoms with van der Waals surface area (Å²) >= 11 is 3.64. The molecule has 1 atom stereocenters. The van der Waals surface area contributed by atoms with Crippen molar-refractivity contribution in [2.45, 2.75) is 32.0 Å². The fourth-order valence-electron chi connectivity index (χ4n) is 3.14. The first-order valence-electron chi connectivity index (χ1n) is 7.69. The number of anilines is 1. The van der Waals surface area contributed by atoms with Crippen molar-refractivity contribution in [3.05, 3.63) is 41.6 Å². The van der Waals surface area contributed by atoms with Gasteiger partial charge in [0.2, 0.25) is 0 Å². The second kappa shape index (κ2) is 6.22. The highest BCUT2D eigenvalue weighted by Gasteiger charge is 2.27. The first-order valence-corrected chi connectivity index (χ1v) is 8.81. The van der Waals surface area contributed by atoms with Crippen molar-refractivity contribution in [1.29, 1.82) is 0 Å². The zero-order valence-corrected chi connectivity index (χ0v) is 14.3. The number of aromatic nitrogens is 2. The summed E-state index contributed by atoms with van der Waals surface area (Å²) in [5.74, 6) is 2.08. The summed E-state index contributed by atoms with van der Waals surface area (Å²) in [6.45, 7) is 6.68. The molecule has 1 aliphatic rings. The van der Waals surface area contributed by atoms with E-state index in [4.69, 9.17) is 5.10 Å². The zero-order valence-electron chi connectivity index (χ0n) is 12.7. The highest BCUT2D eigenvalue weighted by Crippen LogP contribution is 2.33. The second-order valence-electron chi connectivity index (χ2n) is 5.78. The van der Waals surface area contributed by atoms with Crippen LogP contribution in [0.25, 0.3) is 5.69 Å². The van der Waals surface area contributed by atoms with Gasteiger partial charge in [0.1, 0.15) is 5.82 Å². The number of halogens is 1. The van der Waals surface area contributed by atoms with E-state index in [1.165, 1.54) is 24.2 Å². The first kappa shape index (κ1) is 14.6. The third-order valence-electron chi connectivity index (χ3n) is 4.45. The summed E-state index contributed by atoms with van der Waals surface area (Å²) in [6, 6.07) is 10.4. The quantitative estimate of drug-likeness (QED) is 0.768. The molecule has 2 heterocycles. The fraction of sp³-hybridized carbons (Fsp3) is 0.471. The monoisotopic (exact) mass is 347 g/mol. The topological polar surface area (TPSA) is 21.1 Å². The van der Waals surface area contributed by atoms with Crippen LogP contribution in [-0.4, -0.2) is 22.9 Å². The summed E-state index contributed by atoms with van der Waals surface area (Å²) in [4.78, 5) is 2.51. The number of nitrogens with zero attached hydrogens (tertiary/aromatic N) is 3. The standard InChI is InChI=1S/C17H22BrN3/c1-3-14-9-10-20(12-14)17-16(11-18)13(2)19-21(17)15-7-5-4-6-8-15/h4-8,14H,3,9-12H2,1-2H3. The third kappa shape index (κ3) is 2.73. The van der Waals surface area contributed by atoms with Crippen LogP contribution in [0.4, 0.5) is 5.82 Å². The molecule has 0 spiro atoms. The largest absolute Gasteiger partial charge is 0.356 e. The summed E-state index contributed by atoms with van der Waals surface area (Å²) in [5, 5.41) is 5.65. The van der Waals surface area contributed by atoms with E-state index in [2.05, 4.69) is 63.6 Å². The van der Waals surface area contributed by atoms with Crippen molar-refractivity contribution >= 4 is 21.7 Å². The molecule has 0 amide bonds. The highest BCUT2D eigenvalue weighted by molar-refractivity contribution is 9.08. The van der Waals surface area contributed by atoms with Crippen LogP contribution in [0.5, 0.6) is 0 Å². The van der Waals surface area contributed by atoms with Gasteiger partial charge in [0, 0.05) is 24.0 Å². The number of aryl methyl sites for hydroxylation is 1. The number of alkyl halides is 1. The predicted molar refractivity (Wildman–Crippen MR) is 91.5 cm³/mol. The molecule has 1 saturated heterocycles. The van der Waals surface area contributed by atoms with Crippen molar-refractivity contribution in [3.8, 4) is 5.69 Å². The van der Waals surface area contributed by atoms with E-state index in [9.17, 15) is 0 Å². The van der Waals surface area contributed by atoms with Crippen LogP contribution >= 0.6 is 15.9 Å². The van der Waals surface area contributed by atoms with E-state index >= 15 is 0 Å². The number of hydrogen-bond acceptors (Lipinski definition) is 2. The van der Waals surface area contributed by atoms with E-state index in [0.29, 0.717) is 0 Å². The van der Waals surface area contributed by atoms with Gasteiger partial charge in [0.25, 0.3) is 0 Å².